The van der Waals surface area contributed by atoms with Crippen LogP contribution >= 0.6 is 0 Å². The van der Waals surface area contributed by atoms with E-state index in [1.807, 2.05) is 84.9 Å². The molecule has 0 saturated carbocycles. The first-order valence-electron chi connectivity index (χ1n) is 19.8. The van der Waals surface area contributed by atoms with E-state index in [1.165, 1.54) is 11.1 Å². The first-order chi connectivity index (χ1) is 29.5. The molecule has 0 unspecified atom stereocenters. The predicted molar refractivity (Wildman–Crippen MR) is 245 cm³/mol. The van der Waals surface area contributed by atoms with Crippen LogP contribution in [0, 0.1) is 24.8 Å². The summed E-state index contributed by atoms with van der Waals surface area (Å²) in [5.41, 5.74) is 15.6. The van der Waals surface area contributed by atoms with Gasteiger partial charge in [0.15, 0.2) is 11.5 Å². The van der Waals surface area contributed by atoms with Gasteiger partial charge in [-0.3, -0.25) is 0 Å². The summed E-state index contributed by atoms with van der Waals surface area (Å²) < 4.78 is 2.35. The van der Waals surface area contributed by atoms with E-state index in [2.05, 4.69) is 132 Å². The molecule has 0 bridgehead atoms. The molecule has 10 aromatic rings. The number of hydrogen-bond acceptors (Lipinski definition) is 3. The molecular formula is C55H35N5. The quantitative estimate of drug-likeness (QED) is 0.152. The van der Waals surface area contributed by atoms with Crippen molar-refractivity contribution in [3.05, 3.63) is 217 Å². The number of aryl methyl sites for hydroxylation is 1. The maximum Gasteiger partial charge on any atom is 0.187 e. The minimum Gasteiger partial charge on any atom is -0.308 e. The fourth-order valence-corrected chi connectivity index (χ4v) is 8.25. The number of para-hydroxylation sites is 1. The third kappa shape index (κ3) is 6.57. The van der Waals surface area contributed by atoms with Gasteiger partial charge in [0.1, 0.15) is 0 Å². The third-order valence-electron chi connectivity index (χ3n) is 11.1. The predicted octanol–water partition coefficient (Wildman–Crippen LogP) is 14.3. The first-order valence-corrected chi connectivity index (χ1v) is 19.8. The van der Waals surface area contributed by atoms with Gasteiger partial charge in [0.2, 0.25) is 0 Å². The monoisotopic (exact) mass is 765 g/mol. The number of aromatic nitrogens is 3. The average Bonchev–Trinajstić information content (AvgIpc) is 3.65. The lowest BCUT2D eigenvalue weighted by atomic mass is 9.91. The Kier molecular flexibility index (Phi) is 9.10. The molecule has 60 heavy (non-hydrogen) atoms. The topological polar surface area (TPSA) is 58.9 Å². The smallest absolute Gasteiger partial charge is 0.187 e. The maximum atomic E-state index is 10.2. The van der Waals surface area contributed by atoms with E-state index in [-0.39, 0.29) is 0 Å². The molecule has 0 spiro atoms. The number of hydrogen-bond donors (Lipinski definition) is 0. The molecule has 0 aliphatic carbocycles. The Balaban J connectivity index is 1.33. The first kappa shape index (κ1) is 36.0. The van der Waals surface area contributed by atoms with Crippen molar-refractivity contribution in [2.24, 2.45) is 0 Å². The highest BCUT2D eigenvalue weighted by Gasteiger charge is 2.23. The number of fused-ring (bicyclic) bond motifs is 3. The zero-order chi connectivity index (χ0) is 40.6. The van der Waals surface area contributed by atoms with Crippen molar-refractivity contribution in [1.82, 2.24) is 14.5 Å². The highest BCUT2D eigenvalue weighted by molar-refractivity contribution is 6.12. The van der Waals surface area contributed by atoms with Crippen molar-refractivity contribution in [3.63, 3.8) is 0 Å². The van der Waals surface area contributed by atoms with Gasteiger partial charge < -0.3 is 4.57 Å². The van der Waals surface area contributed by atoms with Crippen LogP contribution in [0.1, 0.15) is 11.1 Å². The summed E-state index contributed by atoms with van der Waals surface area (Å²) in [6.45, 7) is 10.1. The lowest BCUT2D eigenvalue weighted by molar-refractivity contribution is 1.17. The Hall–Kier alpha value is -8.38. The van der Waals surface area contributed by atoms with Crippen molar-refractivity contribution in [3.8, 4) is 79.0 Å². The van der Waals surface area contributed by atoms with Gasteiger partial charge in [-0.05, 0) is 83.8 Å². The lowest BCUT2D eigenvalue weighted by Gasteiger charge is -2.21. The normalized spacial score (nSPS) is 11.1. The standard InChI is InChI=1S/C55H35N5/c1-36-14-11-20-40(28-36)41-26-27-53-49(31-41)46-24-9-10-25-52(46)60(53)54-47(42-21-12-15-37(29-42)35-56)32-44(33-48(54)43-22-13-23-45(30-43)57-2)51-34-50(38-16-5-3-6-17-38)58-55(59-51)39-18-7-4-8-19-39/h3-34H,1H3. The Morgan fingerprint density at radius 1 is 0.483 bits per heavy atom. The SMILES string of the molecule is [C-]#[N+]c1cccc(-c2cc(-c3cc(-c4ccccc4)nc(-c4ccccc4)n3)cc(-c3cccc(C#N)c3)c2-n2c3ccccc3c3cc(-c4cccc(C)c4)ccc32)c1. The van der Waals surface area contributed by atoms with Crippen LogP contribution in [0.3, 0.4) is 0 Å². The molecule has 5 nitrogen and oxygen atoms in total. The molecule has 0 fully saturated rings. The highest BCUT2D eigenvalue weighted by Crippen LogP contribution is 2.45. The van der Waals surface area contributed by atoms with Gasteiger partial charge in [0, 0.05) is 38.6 Å². The number of benzene rings is 8. The number of nitrogens with zero attached hydrogens (tertiary/aromatic N) is 5. The molecule has 0 atom stereocenters. The summed E-state index contributed by atoms with van der Waals surface area (Å²) >= 11 is 0. The van der Waals surface area contributed by atoms with E-state index in [4.69, 9.17) is 16.5 Å². The zero-order valence-corrected chi connectivity index (χ0v) is 32.7. The van der Waals surface area contributed by atoms with Gasteiger partial charge in [-0.25, -0.2) is 14.8 Å². The van der Waals surface area contributed by atoms with Gasteiger partial charge in [-0.15, -0.1) is 0 Å². The minimum absolute atomic E-state index is 0.543. The molecule has 2 aromatic heterocycles. The Labute approximate surface area is 348 Å². The molecule has 0 aliphatic rings. The lowest BCUT2D eigenvalue weighted by Crippen LogP contribution is -2.03. The van der Waals surface area contributed by atoms with E-state index in [9.17, 15) is 5.26 Å². The molecule has 0 saturated heterocycles. The largest absolute Gasteiger partial charge is 0.308 e. The van der Waals surface area contributed by atoms with Crippen molar-refractivity contribution in [1.29, 1.82) is 5.26 Å². The third-order valence-corrected chi connectivity index (χ3v) is 11.1. The summed E-state index contributed by atoms with van der Waals surface area (Å²) in [6.07, 6.45) is 0. The van der Waals surface area contributed by atoms with Crippen LogP contribution in [0.2, 0.25) is 0 Å². The van der Waals surface area contributed by atoms with Crippen LogP contribution < -0.4 is 0 Å². The fraction of sp³-hybridized carbons (Fsp3) is 0.0182. The second kappa shape index (κ2) is 15.2. The van der Waals surface area contributed by atoms with Crippen LogP contribution in [0.5, 0.6) is 0 Å². The van der Waals surface area contributed by atoms with Gasteiger partial charge >= 0.3 is 0 Å². The van der Waals surface area contributed by atoms with Crippen molar-refractivity contribution < 1.29 is 0 Å². The molecule has 10 rings (SSSR count). The zero-order valence-electron chi connectivity index (χ0n) is 32.7. The summed E-state index contributed by atoms with van der Waals surface area (Å²) in [5, 5.41) is 12.4. The van der Waals surface area contributed by atoms with E-state index in [1.54, 1.807) is 0 Å². The van der Waals surface area contributed by atoms with Crippen molar-refractivity contribution >= 4 is 27.5 Å². The van der Waals surface area contributed by atoms with Crippen LogP contribution in [-0.2, 0) is 0 Å². The average molecular weight is 766 g/mol. The maximum absolute atomic E-state index is 10.2. The fourth-order valence-electron chi connectivity index (χ4n) is 8.25. The molecule has 0 aliphatic heterocycles. The minimum atomic E-state index is 0.543. The molecule has 5 heteroatoms. The highest BCUT2D eigenvalue weighted by atomic mass is 15.0. The number of nitriles is 1. The molecule has 280 valence electrons. The van der Waals surface area contributed by atoms with Crippen molar-refractivity contribution in [2.75, 3.05) is 0 Å². The van der Waals surface area contributed by atoms with E-state index >= 15 is 0 Å². The Bertz CT molecular complexity index is 3210. The van der Waals surface area contributed by atoms with Gasteiger partial charge in [0.25, 0.3) is 0 Å². The summed E-state index contributed by atoms with van der Waals surface area (Å²) in [6, 6.07) is 68.5. The van der Waals surface area contributed by atoms with E-state index in [0.717, 1.165) is 83.4 Å². The Morgan fingerprint density at radius 3 is 1.82 bits per heavy atom. The Morgan fingerprint density at radius 2 is 1.08 bits per heavy atom. The second-order valence-electron chi connectivity index (χ2n) is 14.9. The van der Waals surface area contributed by atoms with Crippen LogP contribution in [0.15, 0.2) is 194 Å². The van der Waals surface area contributed by atoms with Crippen LogP contribution in [0.25, 0.3) is 99.6 Å². The summed E-state index contributed by atoms with van der Waals surface area (Å²) in [5.74, 6) is 0.618. The molecule has 2 heterocycles. The van der Waals surface area contributed by atoms with Gasteiger partial charge in [-0.2, -0.15) is 5.26 Å². The van der Waals surface area contributed by atoms with Crippen LogP contribution in [-0.4, -0.2) is 14.5 Å². The molecular weight excluding hydrogens is 731 g/mol. The second-order valence-corrected chi connectivity index (χ2v) is 14.9. The van der Waals surface area contributed by atoms with E-state index < -0.39 is 0 Å². The molecule has 0 radical (unpaired) electrons. The van der Waals surface area contributed by atoms with Crippen LogP contribution in [0.4, 0.5) is 5.69 Å². The molecule has 0 amide bonds. The summed E-state index contributed by atoms with van der Waals surface area (Å²) in [7, 11) is 0. The van der Waals surface area contributed by atoms with Gasteiger partial charge in [0.05, 0.1) is 46.3 Å². The molecule has 8 aromatic carbocycles. The van der Waals surface area contributed by atoms with Gasteiger partial charge in [-0.1, -0.05) is 145 Å². The van der Waals surface area contributed by atoms with Crippen molar-refractivity contribution in [2.45, 2.75) is 6.92 Å². The number of rotatable bonds is 7. The molecule has 0 N–H and O–H groups in total. The van der Waals surface area contributed by atoms with E-state index in [0.29, 0.717) is 17.1 Å². The summed E-state index contributed by atoms with van der Waals surface area (Å²) in [4.78, 5) is 14.2.